The first-order valence-electron chi connectivity index (χ1n) is 8.87. The first kappa shape index (κ1) is 18.2. The van der Waals surface area contributed by atoms with Gasteiger partial charge in [-0.1, -0.05) is 72.4 Å². The lowest BCUT2D eigenvalue weighted by Crippen LogP contribution is -2.35. The van der Waals surface area contributed by atoms with Gasteiger partial charge in [0, 0.05) is 17.3 Å². The number of hydrazone groups is 1. The summed E-state index contributed by atoms with van der Waals surface area (Å²) in [6.45, 7) is 2.01. The van der Waals surface area contributed by atoms with E-state index >= 15 is 0 Å². The second-order valence-electron chi connectivity index (χ2n) is 6.40. The molecule has 6 nitrogen and oxygen atoms in total. The predicted molar refractivity (Wildman–Crippen MR) is 111 cm³/mol. The lowest BCUT2D eigenvalue weighted by Gasteiger charge is -2.29. The first-order chi connectivity index (χ1) is 13.6. The fraction of sp³-hybridized carbons (Fsp3) is 0.143. The Morgan fingerprint density at radius 3 is 2.43 bits per heavy atom. The highest BCUT2D eigenvalue weighted by Crippen LogP contribution is 2.38. The molecule has 0 fully saturated rings. The van der Waals surface area contributed by atoms with Crippen molar-refractivity contribution in [1.29, 1.82) is 0 Å². The van der Waals surface area contributed by atoms with Gasteiger partial charge in [-0.05, 0) is 12.5 Å². The number of nitrogen functional groups attached to an aromatic ring is 1. The first-order valence-corrected chi connectivity index (χ1v) is 9.75. The summed E-state index contributed by atoms with van der Waals surface area (Å²) in [5, 5.41) is 6.51. The molecule has 4 rings (SSSR count). The zero-order chi connectivity index (χ0) is 19.5. The molecule has 1 aliphatic rings. The molecule has 2 heterocycles. The van der Waals surface area contributed by atoms with Gasteiger partial charge in [0.15, 0.2) is 0 Å². The van der Waals surface area contributed by atoms with Crippen molar-refractivity contribution in [3.05, 3.63) is 89.4 Å². The number of thioether (sulfide) groups is 1. The molecule has 0 saturated carbocycles. The number of benzene rings is 2. The maximum Gasteiger partial charge on any atom is 0.261 e. The van der Waals surface area contributed by atoms with Crippen LogP contribution in [0.15, 0.2) is 72.0 Å². The summed E-state index contributed by atoms with van der Waals surface area (Å²) < 4.78 is 0. The Labute approximate surface area is 167 Å². The van der Waals surface area contributed by atoms with E-state index in [-0.39, 0.29) is 17.7 Å². The fourth-order valence-electron chi connectivity index (χ4n) is 2.93. The number of aryl methyl sites for hydroxylation is 1. The van der Waals surface area contributed by atoms with E-state index in [9.17, 15) is 4.79 Å². The van der Waals surface area contributed by atoms with Crippen LogP contribution in [0.25, 0.3) is 0 Å². The molecule has 1 aromatic heterocycles. The Morgan fingerprint density at radius 2 is 1.75 bits per heavy atom. The van der Waals surface area contributed by atoms with Gasteiger partial charge >= 0.3 is 0 Å². The average molecular weight is 389 g/mol. The van der Waals surface area contributed by atoms with Crippen molar-refractivity contribution in [2.24, 2.45) is 5.10 Å². The van der Waals surface area contributed by atoms with Crippen molar-refractivity contribution >= 4 is 28.5 Å². The molecule has 2 aromatic carbocycles. The summed E-state index contributed by atoms with van der Waals surface area (Å²) in [6.07, 6.45) is 1.65. The third-order valence-electron chi connectivity index (χ3n) is 4.38. The number of aromatic nitrogens is 2. The number of hydrogen-bond donors (Lipinski definition) is 1. The molecule has 0 saturated heterocycles. The number of carbonyl (C=O) groups excluding carboxylic acids is 1. The molecule has 1 atom stereocenters. The molecule has 0 spiro atoms. The quantitative estimate of drug-likeness (QED) is 0.738. The lowest BCUT2D eigenvalue weighted by atomic mass is 10.1. The van der Waals surface area contributed by atoms with E-state index in [1.54, 1.807) is 13.1 Å². The lowest BCUT2D eigenvalue weighted by molar-refractivity contribution is -0.131. The Bertz CT molecular complexity index is 1020. The van der Waals surface area contributed by atoms with Gasteiger partial charge in [0.2, 0.25) is 0 Å². The van der Waals surface area contributed by atoms with Crippen molar-refractivity contribution in [3.63, 3.8) is 0 Å². The number of nitrogens with zero attached hydrogens (tertiary/aromatic N) is 4. The van der Waals surface area contributed by atoms with Crippen LogP contribution in [0.5, 0.6) is 0 Å². The summed E-state index contributed by atoms with van der Waals surface area (Å²) in [6, 6.07) is 19.6. The van der Waals surface area contributed by atoms with Crippen LogP contribution in [0.2, 0.25) is 0 Å². The van der Waals surface area contributed by atoms with E-state index in [1.165, 1.54) is 16.8 Å². The van der Waals surface area contributed by atoms with E-state index < -0.39 is 0 Å². The van der Waals surface area contributed by atoms with Crippen molar-refractivity contribution in [1.82, 2.24) is 15.0 Å². The van der Waals surface area contributed by atoms with E-state index in [2.05, 4.69) is 15.1 Å². The molecule has 1 aliphatic heterocycles. The van der Waals surface area contributed by atoms with Crippen LogP contribution in [0.3, 0.4) is 0 Å². The van der Waals surface area contributed by atoms with E-state index in [1.807, 2.05) is 60.7 Å². The second-order valence-corrected chi connectivity index (χ2v) is 7.50. The minimum atomic E-state index is -0.374. The van der Waals surface area contributed by atoms with Crippen LogP contribution in [-0.4, -0.2) is 25.9 Å². The fourth-order valence-corrected chi connectivity index (χ4v) is 4.09. The SMILES string of the molecule is Cc1ncc(CN2N=C(c3ccccc3)SC(c3ccccc3)C2=O)c(N)n1. The minimum Gasteiger partial charge on any atom is -0.383 e. The normalized spacial score (nSPS) is 16.8. The van der Waals surface area contributed by atoms with E-state index in [0.29, 0.717) is 17.2 Å². The smallest absolute Gasteiger partial charge is 0.261 e. The highest BCUT2D eigenvalue weighted by Gasteiger charge is 2.33. The van der Waals surface area contributed by atoms with E-state index in [4.69, 9.17) is 5.73 Å². The molecule has 7 heteroatoms. The highest BCUT2D eigenvalue weighted by atomic mass is 32.2. The summed E-state index contributed by atoms with van der Waals surface area (Å²) >= 11 is 1.46. The number of anilines is 1. The number of amides is 1. The molecule has 140 valence electrons. The van der Waals surface area contributed by atoms with Crippen LogP contribution < -0.4 is 5.73 Å². The molecule has 28 heavy (non-hydrogen) atoms. The average Bonchev–Trinajstić information content (AvgIpc) is 2.72. The summed E-state index contributed by atoms with van der Waals surface area (Å²) in [5.41, 5.74) is 8.62. The maximum absolute atomic E-state index is 13.2. The van der Waals surface area contributed by atoms with E-state index in [0.717, 1.165) is 16.2 Å². The monoisotopic (exact) mass is 389 g/mol. The summed E-state index contributed by atoms with van der Waals surface area (Å²) in [5.74, 6) is 0.875. The molecular weight excluding hydrogens is 370 g/mol. The molecule has 3 aromatic rings. The van der Waals surface area contributed by atoms with Crippen LogP contribution in [0, 0.1) is 6.92 Å². The van der Waals surface area contributed by atoms with Crippen molar-refractivity contribution in [3.8, 4) is 0 Å². The Balaban J connectivity index is 1.72. The van der Waals surface area contributed by atoms with Gasteiger partial charge in [0.25, 0.3) is 5.91 Å². The van der Waals surface area contributed by atoms with Crippen LogP contribution in [0.1, 0.15) is 27.8 Å². The number of rotatable bonds is 4. The number of hydrogen-bond acceptors (Lipinski definition) is 6. The van der Waals surface area contributed by atoms with Gasteiger partial charge in [0.1, 0.15) is 21.9 Å². The molecule has 1 amide bonds. The molecule has 2 N–H and O–H groups in total. The standard InChI is InChI=1S/C21H19N5OS/c1-14-23-12-17(19(22)24-14)13-26-21(27)18(15-8-4-2-5-9-15)28-20(25-26)16-10-6-3-7-11-16/h2-12,18H,13H2,1H3,(H2,22,23,24). The maximum atomic E-state index is 13.2. The highest BCUT2D eigenvalue weighted by molar-refractivity contribution is 8.15. The van der Waals surface area contributed by atoms with Crippen molar-refractivity contribution < 1.29 is 4.79 Å². The second kappa shape index (κ2) is 7.82. The van der Waals surface area contributed by atoms with Gasteiger partial charge in [-0.15, -0.1) is 0 Å². The molecule has 0 aliphatic carbocycles. The summed E-state index contributed by atoms with van der Waals surface area (Å²) in [7, 11) is 0. The Kier molecular flexibility index (Phi) is 5.08. The molecule has 1 unspecified atom stereocenters. The summed E-state index contributed by atoms with van der Waals surface area (Å²) in [4.78, 5) is 21.6. The van der Waals surface area contributed by atoms with Gasteiger partial charge in [-0.3, -0.25) is 4.79 Å². The van der Waals surface area contributed by atoms with Crippen molar-refractivity contribution in [2.45, 2.75) is 18.7 Å². The van der Waals surface area contributed by atoms with Crippen LogP contribution in [0.4, 0.5) is 5.82 Å². The van der Waals surface area contributed by atoms with Gasteiger partial charge < -0.3 is 5.73 Å². The van der Waals surface area contributed by atoms with Crippen LogP contribution >= 0.6 is 11.8 Å². The predicted octanol–water partition coefficient (Wildman–Crippen LogP) is 3.55. The third kappa shape index (κ3) is 3.75. The van der Waals surface area contributed by atoms with Gasteiger partial charge in [-0.25, -0.2) is 15.0 Å². The topological polar surface area (TPSA) is 84.5 Å². The van der Waals surface area contributed by atoms with Gasteiger partial charge in [0.05, 0.1) is 6.54 Å². The number of carbonyl (C=O) groups is 1. The van der Waals surface area contributed by atoms with Crippen LogP contribution in [-0.2, 0) is 11.3 Å². The molecular formula is C21H19N5OS. The zero-order valence-electron chi connectivity index (χ0n) is 15.3. The Hall–Kier alpha value is -3.19. The largest absolute Gasteiger partial charge is 0.383 e. The van der Waals surface area contributed by atoms with Gasteiger partial charge in [-0.2, -0.15) is 5.10 Å². The van der Waals surface area contributed by atoms with Crippen molar-refractivity contribution in [2.75, 3.05) is 5.73 Å². The third-order valence-corrected chi connectivity index (χ3v) is 5.63. The Morgan fingerprint density at radius 1 is 1.07 bits per heavy atom. The number of nitrogens with two attached hydrogens (primary N) is 1. The zero-order valence-corrected chi connectivity index (χ0v) is 16.1. The molecule has 0 bridgehead atoms. The molecule has 0 radical (unpaired) electrons. The minimum absolute atomic E-state index is 0.0872.